The number of nitro benzene ring substituents is 1. The second-order valence-corrected chi connectivity index (χ2v) is 5.76. The van der Waals surface area contributed by atoms with Crippen LogP contribution in [0.4, 0.5) is 5.69 Å². The van der Waals surface area contributed by atoms with Gasteiger partial charge >= 0.3 is 5.97 Å². The van der Waals surface area contributed by atoms with Crippen LogP contribution in [0.3, 0.4) is 0 Å². The number of nitro groups is 1. The van der Waals surface area contributed by atoms with Crippen molar-refractivity contribution in [2.24, 2.45) is 0 Å². The van der Waals surface area contributed by atoms with Crippen LogP contribution < -0.4 is 10.9 Å². The maximum atomic E-state index is 11.8. The Morgan fingerprint density at radius 3 is 2.64 bits per heavy atom. The Morgan fingerprint density at radius 2 is 1.96 bits per heavy atom. The van der Waals surface area contributed by atoms with Crippen molar-refractivity contribution in [1.29, 1.82) is 0 Å². The molecule has 2 aromatic rings. The van der Waals surface area contributed by atoms with Crippen LogP contribution in [0.15, 0.2) is 41.8 Å². The van der Waals surface area contributed by atoms with Crippen molar-refractivity contribution in [3.8, 4) is 0 Å². The molecule has 0 saturated heterocycles. The van der Waals surface area contributed by atoms with E-state index in [1.54, 1.807) is 12.1 Å². The number of benzene rings is 1. The number of non-ortho nitro benzene ring substituents is 1. The zero-order valence-electron chi connectivity index (χ0n) is 12.8. The van der Waals surface area contributed by atoms with Crippen LogP contribution in [0.25, 0.3) is 0 Å². The SMILES string of the molecule is O=C(COC(=O)Cc1cccs1)NNC(=O)c1cccc([N+](=O)[O-])c1. The zero-order chi connectivity index (χ0) is 18.2. The van der Waals surface area contributed by atoms with Crippen LogP contribution in [-0.2, 0) is 20.7 Å². The third-order valence-corrected chi connectivity index (χ3v) is 3.77. The van der Waals surface area contributed by atoms with E-state index in [2.05, 4.69) is 10.9 Å². The minimum atomic E-state index is -0.738. The number of hydrogen-bond donors (Lipinski definition) is 2. The van der Waals surface area contributed by atoms with Crippen molar-refractivity contribution in [3.05, 3.63) is 62.3 Å². The summed E-state index contributed by atoms with van der Waals surface area (Å²) in [5, 5.41) is 12.5. The summed E-state index contributed by atoms with van der Waals surface area (Å²) < 4.78 is 4.78. The Balaban J connectivity index is 1.75. The van der Waals surface area contributed by atoms with Gasteiger partial charge in [-0.1, -0.05) is 12.1 Å². The van der Waals surface area contributed by atoms with Gasteiger partial charge in [-0.3, -0.25) is 35.3 Å². The molecule has 0 atom stereocenters. The second kappa shape index (κ2) is 8.55. The van der Waals surface area contributed by atoms with Gasteiger partial charge in [0.1, 0.15) is 0 Å². The van der Waals surface area contributed by atoms with E-state index in [0.29, 0.717) is 0 Å². The van der Waals surface area contributed by atoms with Gasteiger partial charge in [0.05, 0.1) is 11.3 Å². The van der Waals surface area contributed by atoms with Crippen molar-refractivity contribution < 1.29 is 24.0 Å². The van der Waals surface area contributed by atoms with E-state index < -0.39 is 29.3 Å². The monoisotopic (exact) mass is 363 g/mol. The molecule has 0 bridgehead atoms. The zero-order valence-corrected chi connectivity index (χ0v) is 13.6. The van der Waals surface area contributed by atoms with E-state index >= 15 is 0 Å². The van der Waals surface area contributed by atoms with Crippen LogP contribution >= 0.6 is 11.3 Å². The highest BCUT2D eigenvalue weighted by atomic mass is 32.1. The Labute approximate surface area is 145 Å². The summed E-state index contributed by atoms with van der Waals surface area (Å²) in [5.74, 6) is -2.04. The predicted octanol–water partition coefficient (Wildman–Crippen LogP) is 1.20. The van der Waals surface area contributed by atoms with Gasteiger partial charge in [0, 0.05) is 22.6 Å². The maximum Gasteiger partial charge on any atom is 0.311 e. The molecule has 130 valence electrons. The van der Waals surface area contributed by atoms with E-state index in [4.69, 9.17) is 4.74 Å². The molecule has 0 aliphatic carbocycles. The number of amides is 2. The maximum absolute atomic E-state index is 11.8. The van der Waals surface area contributed by atoms with Crippen LogP contribution in [0.2, 0.25) is 0 Å². The first-order chi connectivity index (χ1) is 12.0. The molecule has 0 spiro atoms. The van der Waals surface area contributed by atoms with Crippen molar-refractivity contribution in [2.75, 3.05) is 6.61 Å². The minimum absolute atomic E-state index is 0.00388. The van der Waals surface area contributed by atoms with Crippen LogP contribution in [0.1, 0.15) is 15.2 Å². The van der Waals surface area contributed by atoms with Gasteiger partial charge < -0.3 is 4.74 Å². The van der Waals surface area contributed by atoms with Gasteiger partial charge in [-0.2, -0.15) is 0 Å². The third-order valence-electron chi connectivity index (χ3n) is 2.90. The Morgan fingerprint density at radius 1 is 1.16 bits per heavy atom. The summed E-state index contributed by atoms with van der Waals surface area (Å²) in [6.07, 6.45) is 0.0605. The number of ether oxygens (including phenoxy) is 1. The third kappa shape index (κ3) is 5.70. The van der Waals surface area contributed by atoms with Crippen LogP contribution in [0.5, 0.6) is 0 Å². The fourth-order valence-electron chi connectivity index (χ4n) is 1.75. The molecule has 0 fully saturated rings. The van der Waals surface area contributed by atoms with Crippen LogP contribution in [0, 0.1) is 10.1 Å². The lowest BCUT2D eigenvalue weighted by Crippen LogP contribution is -2.43. The number of rotatable bonds is 6. The summed E-state index contributed by atoms with van der Waals surface area (Å²) in [4.78, 5) is 45.7. The molecule has 0 saturated carbocycles. The summed E-state index contributed by atoms with van der Waals surface area (Å²) in [5.41, 5.74) is 3.90. The van der Waals surface area contributed by atoms with Crippen molar-refractivity contribution in [3.63, 3.8) is 0 Å². The largest absolute Gasteiger partial charge is 0.455 e. The molecule has 1 aromatic carbocycles. The molecular formula is C15H13N3O6S. The second-order valence-electron chi connectivity index (χ2n) is 4.73. The number of thiophene rings is 1. The van der Waals surface area contributed by atoms with Crippen molar-refractivity contribution in [2.45, 2.75) is 6.42 Å². The van der Waals surface area contributed by atoms with E-state index in [1.165, 1.54) is 29.5 Å². The first kappa shape index (κ1) is 18.1. The molecule has 0 aliphatic rings. The minimum Gasteiger partial charge on any atom is -0.455 e. The van der Waals surface area contributed by atoms with E-state index in [-0.39, 0.29) is 17.7 Å². The fourth-order valence-corrected chi connectivity index (χ4v) is 2.44. The molecule has 1 aromatic heterocycles. The Bertz CT molecular complexity index is 790. The van der Waals surface area contributed by atoms with Gasteiger partial charge in [0.2, 0.25) is 0 Å². The summed E-state index contributed by atoms with van der Waals surface area (Å²) in [6, 6.07) is 8.58. The Hall–Kier alpha value is -3.27. The van der Waals surface area contributed by atoms with Gasteiger partial charge in [0.15, 0.2) is 6.61 Å². The lowest BCUT2D eigenvalue weighted by Gasteiger charge is -2.08. The molecule has 2 rings (SSSR count). The van der Waals surface area contributed by atoms with E-state index in [1.807, 2.05) is 5.38 Å². The first-order valence-electron chi connectivity index (χ1n) is 6.97. The molecule has 0 aliphatic heterocycles. The molecule has 2 N–H and O–H groups in total. The van der Waals surface area contributed by atoms with Crippen LogP contribution in [-0.4, -0.2) is 29.3 Å². The standard InChI is InChI=1S/C15H13N3O6S/c19-13(9-24-14(20)8-12-5-2-6-25-12)16-17-15(21)10-3-1-4-11(7-10)18(22)23/h1-7H,8-9H2,(H,16,19)(H,17,21). The topological polar surface area (TPSA) is 128 Å². The number of nitrogens with one attached hydrogen (secondary N) is 2. The van der Waals surface area contributed by atoms with E-state index in [9.17, 15) is 24.5 Å². The molecule has 9 nitrogen and oxygen atoms in total. The van der Waals surface area contributed by atoms with Crippen molar-refractivity contribution >= 4 is 34.8 Å². The number of esters is 1. The molecule has 1 heterocycles. The number of hydrogen-bond acceptors (Lipinski definition) is 7. The van der Waals surface area contributed by atoms with Crippen molar-refractivity contribution in [1.82, 2.24) is 10.9 Å². The highest BCUT2D eigenvalue weighted by Gasteiger charge is 2.13. The molecular weight excluding hydrogens is 350 g/mol. The predicted molar refractivity (Wildman–Crippen MR) is 87.7 cm³/mol. The highest BCUT2D eigenvalue weighted by Crippen LogP contribution is 2.12. The number of carbonyl (C=O) groups excluding carboxylic acids is 3. The fraction of sp³-hybridized carbons (Fsp3) is 0.133. The van der Waals surface area contributed by atoms with Gasteiger partial charge in [0.25, 0.3) is 17.5 Å². The van der Waals surface area contributed by atoms with Gasteiger partial charge in [-0.25, -0.2) is 0 Å². The average molecular weight is 363 g/mol. The lowest BCUT2D eigenvalue weighted by molar-refractivity contribution is -0.384. The highest BCUT2D eigenvalue weighted by molar-refractivity contribution is 7.10. The average Bonchev–Trinajstić information content (AvgIpc) is 3.10. The summed E-state index contributed by atoms with van der Waals surface area (Å²) >= 11 is 1.39. The molecule has 0 unspecified atom stereocenters. The number of nitrogens with zero attached hydrogens (tertiary/aromatic N) is 1. The summed E-state index contributed by atoms with van der Waals surface area (Å²) in [6.45, 7) is -0.556. The summed E-state index contributed by atoms with van der Waals surface area (Å²) in [7, 11) is 0. The van der Waals surface area contributed by atoms with E-state index in [0.717, 1.165) is 10.9 Å². The molecule has 10 heteroatoms. The molecule has 25 heavy (non-hydrogen) atoms. The normalized spacial score (nSPS) is 9.92. The smallest absolute Gasteiger partial charge is 0.311 e. The lowest BCUT2D eigenvalue weighted by atomic mass is 10.2. The number of carbonyl (C=O) groups is 3. The molecule has 2 amide bonds. The first-order valence-corrected chi connectivity index (χ1v) is 7.85. The van der Waals surface area contributed by atoms with Gasteiger partial charge in [-0.15, -0.1) is 11.3 Å². The quantitative estimate of drug-likeness (QED) is 0.451. The molecule has 0 radical (unpaired) electrons. The van der Waals surface area contributed by atoms with Gasteiger partial charge in [-0.05, 0) is 17.5 Å². The number of hydrazine groups is 1. The Kier molecular flexibility index (Phi) is 6.18.